The summed E-state index contributed by atoms with van der Waals surface area (Å²) in [4.78, 5) is 55.7. The zero-order valence-electron chi connectivity index (χ0n) is 21.9. The van der Waals surface area contributed by atoms with Crippen molar-refractivity contribution in [2.75, 3.05) is 23.0 Å². The molecule has 0 aliphatic rings. The lowest BCUT2D eigenvalue weighted by Crippen LogP contribution is -2.30. The van der Waals surface area contributed by atoms with E-state index in [0.717, 1.165) is 9.77 Å². The van der Waals surface area contributed by atoms with Crippen molar-refractivity contribution in [3.05, 3.63) is 99.3 Å². The molecule has 0 aliphatic heterocycles. The Morgan fingerprint density at radius 1 is 0.951 bits per heavy atom. The van der Waals surface area contributed by atoms with Crippen LogP contribution in [0.5, 0.6) is 0 Å². The smallest absolute Gasteiger partial charge is 0.311 e. The molecule has 3 amide bonds. The number of hydrogen-bond acceptors (Lipinski definition) is 9. The van der Waals surface area contributed by atoms with E-state index in [-0.39, 0.29) is 35.7 Å². The number of aromatic nitrogens is 1. The Hall–Kier alpha value is -4.26. The summed E-state index contributed by atoms with van der Waals surface area (Å²) in [5.41, 5.74) is 1.63. The van der Waals surface area contributed by atoms with Gasteiger partial charge in [0.2, 0.25) is 5.91 Å². The summed E-state index contributed by atoms with van der Waals surface area (Å²) >= 11 is 4.02. The van der Waals surface area contributed by atoms with E-state index in [2.05, 4.69) is 20.9 Å². The topological polar surface area (TPSA) is 126 Å². The maximum absolute atomic E-state index is 13.1. The fourth-order valence-electron chi connectivity index (χ4n) is 3.40. The second kappa shape index (κ2) is 14.9. The van der Waals surface area contributed by atoms with Gasteiger partial charge in [-0.1, -0.05) is 24.3 Å². The van der Waals surface area contributed by atoms with Crippen molar-refractivity contribution in [2.45, 2.75) is 18.2 Å². The van der Waals surface area contributed by atoms with E-state index in [1.54, 1.807) is 66.9 Å². The molecule has 4 rings (SSSR count). The third-order valence-corrected chi connectivity index (χ3v) is 7.91. The molecule has 0 aliphatic carbocycles. The van der Waals surface area contributed by atoms with Gasteiger partial charge in [-0.15, -0.1) is 34.4 Å². The Bertz CT molecular complexity index is 1520. The lowest BCUT2D eigenvalue weighted by atomic mass is 10.2. The van der Waals surface area contributed by atoms with Gasteiger partial charge in [0, 0.05) is 26.4 Å². The number of nitrogens with one attached hydrogen (secondary N) is 3. The van der Waals surface area contributed by atoms with Crippen LogP contribution in [0.1, 0.15) is 27.9 Å². The summed E-state index contributed by atoms with van der Waals surface area (Å²) in [7, 11) is 0. The van der Waals surface area contributed by atoms with Crippen molar-refractivity contribution < 1.29 is 23.9 Å². The number of thiophene rings is 1. The van der Waals surface area contributed by atoms with Gasteiger partial charge in [-0.25, -0.2) is 4.98 Å². The number of benzene rings is 2. The number of thiazole rings is 1. The molecule has 0 unspecified atom stereocenters. The van der Waals surface area contributed by atoms with Crippen LogP contribution in [0.15, 0.2) is 88.1 Å². The van der Waals surface area contributed by atoms with E-state index in [0.29, 0.717) is 28.7 Å². The van der Waals surface area contributed by atoms with Gasteiger partial charge >= 0.3 is 5.97 Å². The van der Waals surface area contributed by atoms with Crippen molar-refractivity contribution in [3.63, 3.8) is 0 Å². The summed E-state index contributed by atoms with van der Waals surface area (Å²) in [6, 6.07) is 19.4. The van der Waals surface area contributed by atoms with Gasteiger partial charge < -0.3 is 20.7 Å². The second-order valence-electron chi connectivity index (χ2n) is 8.33. The van der Waals surface area contributed by atoms with Crippen LogP contribution in [0.25, 0.3) is 6.08 Å². The van der Waals surface area contributed by atoms with Crippen LogP contribution in [0.3, 0.4) is 0 Å². The van der Waals surface area contributed by atoms with Gasteiger partial charge in [-0.05, 0) is 60.8 Å². The van der Waals surface area contributed by atoms with Crippen molar-refractivity contribution in [1.29, 1.82) is 0 Å². The summed E-state index contributed by atoms with van der Waals surface area (Å²) in [6.07, 6.45) is 1.69. The van der Waals surface area contributed by atoms with Crippen molar-refractivity contribution >= 4 is 75.0 Å². The van der Waals surface area contributed by atoms with Crippen LogP contribution in [-0.2, 0) is 25.5 Å². The molecule has 41 heavy (non-hydrogen) atoms. The third kappa shape index (κ3) is 9.41. The predicted octanol–water partition coefficient (Wildman–Crippen LogP) is 5.45. The molecule has 0 radical (unpaired) electrons. The number of ether oxygens (including phenoxy) is 1. The third-order valence-electron chi connectivity index (χ3n) is 5.27. The van der Waals surface area contributed by atoms with Crippen LogP contribution >= 0.6 is 34.4 Å². The molecule has 0 saturated heterocycles. The second-order valence-corrected chi connectivity index (χ2v) is 11.2. The first kappa shape index (κ1) is 29.7. The molecule has 0 bridgehead atoms. The first-order valence-electron chi connectivity index (χ1n) is 12.5. The molecule has 12 heteroatoms. The summed E-state index contributed by atoms with van der Waals surface area (Å²) in [5.74, 6) is -1.30. The highest BCUT2D eigenvalue weighted by Gasteiger charge is 2.16. The molecule has 4 aromatic rings. The number of thioether (sulfide) groups is 1. The largest absolute Gasteiger partial charge is 0.466 e. The lowest BCUT2D eigenvalue weighted by Gasteiger charge is -2.11. The highest BCUT2D eigenvalue weighted by Crippen LogP contribution is 2.22. The van der Waals surface area contributed by atoms with E-state index in [1.165, 1.54) is 34.4 Å². The first-order valence-corrected chi connectivity index (χ1v) is 15.2. The average molecular weight is 607 g/mol. The van der Waals surface area contributed by atoms with Gasteiger partial charge in [-0.3, -0.25) is 19.2 Å². The highest BCUT2D eigenvalue weighted by atomic mass is 32.2. The Kier molecular flexibility index (Phi) is 10.8. The Labute approximate surface area is 249 Å². The van der Waals surface area contributed by atoms with E-state index in [4.69, 9.17) is 4.74 Å². The molecule has 210 valence electrons. The minimum atomic E-state index is -0.465. The average Bonchev–Trinajstić information content (AvgIpc) is 3.65. The Morgan fingerprint density at radius 2 is 1.73 bits per heavy atom. The molecule has 9 nitrogen and oxygen atoms in total. The highest BCUT2D eigenvalue weighted by molar-refractivity contribution is 8.00. The minimum absolute atomic E-state index is 0.0581. The maximum atomic E-state index is 13.1. The van der Waals surface area contributed by atoms with Gasteiger partial charge in [0.25, 0.3) is 11.8 Å². The predicted molar refractivity (Wildman–Crippen MR) is 163 cm³/mol. The van der Waals surface area contributed by atoms with E-state index in [9.17, 15) is 19.2 Å². The van der Waals surface area contributed by atoms with Gasteiger partial charge in [0.15, 0.2) is 5.13 Å². The van der Waals surface area contributed by atoms with E-state index >= 15 is 0 Å². The minimum Gasteiger partial charge on any atom is -0.466 e. The quantitative estimate of drug-likeness (QED) is 0.111. The first-order chi connectivity index (χ1) is 19.9. The van der Waals surface area contributed by atoms with Crippen LogP contribution in [0.2, 0.25) is 0 Å². The van der Waals surface area contributed by atoms with Crippen molar-refractivity contribution in [3.8, 4) is 0 Å². The molecule has 2 aromatic carbocycles. The zero-order chi connectivity index (χ0) is 29.0. The van der Waals surface area contributed by atoms with E-state index < -0.39 is 5.91 Å². The molecule has 2 aromatic heterocycles. The van der Waals surface area contributed by atoms with Crippen LogP contribution < -0.4 is 16.0 Å². The summed E-state index contributed by atoms with van der Waals surface area (Å²) in [6.45, 7) is 2.04. The number of rotatable bonds is 12. The molecule has 0 saturated carbocycles. The molecule has 2 heterocycles. The molecule has 0 fully saturated rings. The van der Waals surface area contributed by atoms with Gasteiger partial charge in [0.1, 0.15) is 5.70 Å². The number of carbonyl (C=O) groups is 4. The molecular formula is C29H26N4O5S3. The monoisotopic (exact) mass is 606 g/mol. The van der Waals surface area contributed by atoms with Gasteiger partial charge in [0.05, 0.1) is 24.5 Å². The van der Waals surface area contributed by atoms with Crippen LogP contribution in [0.4, 0.5) is 10.8 Å². The molecule has 0 atom stereocenters. The number of hydrogen-bond donors (Lipinski definition) is 3. The molecule has 3 N–H and O–H groups in total. The van der Waals surface area contributed by atoms with Crippen LogP contribution in [0, 0.1) is 0 Å². The number of esters is 1. The Morgan fingerprint density at radius 3 is 2.44 bits per heavy atom. The number of carbonyl (C=O) groups excluding carboxylic acids is 4. The Balaban J connectivity index is 1.31. The van der Waals surface area contributed by atoms with E-state index in [1.807, 2.05) is 23.6 Å². The molecular weight excluding hydrogens is 581 g/mol. The van der Waals surface area contributed by atoms with Gasteiger partial charge in [-0.2, -0.15) is 0 Å². The molecule has 0 spiro atoms. The lowest BCUT2D eigenvalue weighted by molar-refractivity contribution is -0.142. The fraction of sp³-hybridized carbons (Fsp3) is 0.138. The van der Waals surface area contributed by atoms with Crippen molar-refractivity contribution in [2.24, 2.45) is 0 Å². The van der Waals surface area contributed by atoms with Crippen LogP contribution in [-0.4, -0.2) is 41.0 Å². The maximum Gasteiger partial charge on any atom is 0.311 e. The fourth-order valence-corrected chi connectivity index (χ4v) is 5.48. The normalized spacial score (nSPS) is 11.0. The van der Waals surface area contributed by atoms with Crippen molar-refractivity contribution in [1.82, 2.24) is 10.3 Å². The SMILES string of the molecule is CCOC(=O)Cc1csc(NC(=O)CSc2ccc(NC(=O)/C(=C/c3cccs3)NC(=O)c3ccccc3)cc2)n1. The standard InChI is InChI=1S/C29H26N4O5S3/c1-2-38-26(35)15-21-17-41-29(31-21)33-25(34)18-40-22-12-10-20(11-13-22)30-28(37)24(16-23-9-6-14-39-23)32-27(36)19-7-4-3-5-8-19/h3-14,16-17H,2,15,18H2,1H3,(H,30,37)(H,32,36)(H,31,33,34)/b24-16-. The zero-order valence-corrected chi connectivity index (χ0v) is 24.4. The number of nitrogens with zero attached hydrogens (tertiary/aromatic N) is 1. The number of amides is 3. The number of anilines is 2. The summed E-state index contributed by atoms with van der Waals surface area (Å²) < 4.78 is 4.91. The summed E-state index contributed by atoms with van der Waals surface area (Å²) in [5, 5.41) is 12.3.